The largest absolute Gasteiger partial charge is 0.506 e. The van der Waals surface area contributed by atoms with Crippen molar-refractivity contribution in [1.29, 1.82) is 0 Å². The van der Waals surface area contributed by atoms with Crippen LogP contribution in [-0.4, -0.2) is 48.0 Å². The lowest BCUT2D eigenvalue weighted by molar-refractivity contribution is -0.147. The fourth-order valence-corrected chi connectivity index (χ4v) is 5.56. The zero-order chi connectivity index (χ0) is 22.3. The number of fused-ring (bicyclic) bond motifs is 1. The number of aromatic hydroxyl groups is 1. The van der Waals surface area contributed by atoms with Crippen molar-refractivity contribution >= 4 is 61.3 Å². The summed E-state index contributed by atoms with van der Waals surface area (Å²) in [5, 5.41) is 10.9. The molecule has 0 aliphatic carbocycles. The van der Waals surface area contributed by atoms with Crippen molar-refractivity contribution in [1.82, 2.24) is 4.90 Å². The van der Waals surface area contributed by atoms with Gasteiger partial charge < -0.3 is 19.5 Å². The number of rotatable bonds is 4. The number of halogens is 2. The van der Waals surface area contributed by atoms with Gasteiger partial charge in [-0.15, -0.1) is 0 Å². The average Bonchev–Trinajstić information content (AvgIpc) is 3.02. The fourth-order valence-electron chi connectivity index (χ4n) is 3.20. The molecule has 1 aromatic carbocycles. The summed E-state index contributed by atoms with van der Waals surface area (Å²) in [6, 6.07) is 2.02. The van der Waals surface area contributed by atoms with Crippen molar-refractivity contribution in [3.8, 4) is 5.75 Å². The third-order valence-electron chi connectivity index (χ3n) is 4.79. The topological polar surface area (TPSA) is 93.1 Å². The summed E-state index contributed by atoms with van der Waals surface area (Å²) in [5.41, 5.74) is 0.889. The van der Waals surface area contributed by atoms with Crippen LogP contribution in [0.4, 0.5) is 0 Å². The first kappa shape index (κ1) is 22.6. The molecule has 0 saturated heterocycles. The van der Waals surface area contributed by atoms with E-state index in [9.17, 15) is 19.5 Å². The number of ether oxygens (including phenoxy) is 2. The molecule has 1 N–H and O–H groups in total. The van der Waals surface area contributed by atoms with Crippen LogP contribution in [0.5, 0.6) is 5.75 Å². The molecular weight excluding hydrogens is 542 g/mol. The van der Waals surface area contributed by atoms with Crippen LogP contribution in [0.15, 0.2) is 53.9 Å². The molecule has 0 radical (unpaired) electrons. The van der Waals surface area contributed by atoms with Crippen LogP contribution in [0.3, 0.4) is 0 Å². The molecule has 158 valence electrons. The van der Waals surface area contributed by atoms with E-state index in [2.05, 4.69) is 31.9 Å². The first-order chi connectivity index (χ1) is 14.1. The zero-order valence-electron chi connectivity index (χ0n) is 16.4. The van der Waals surface area contributed by atoms with E-state index in [1.165, 1.54) is 38.1 Å². The molecule has 2 aliphatic rings. The molecule has 2 heterocycles. The molecular formula is C20H17Br2NO6S. The second-order valence-electron chi connectivity index (χ2n) is 6.46. The van der Waals surface area contributed by atoms with Gasteiger partial charge in [0.2, 0.25) is 0 Å². The maximum Gasteiger partial charge on any atom is 0.336 e. The molecule has 0 amide bonds. The first-order valence-corrected chi connectivity index (χ1v) is 11.0. The quantitative estimate of drug-likeness (QED) is 0.432. The molecule has 7 nitrogen and oxygen atoms in total. The smallest absolute Gasteiger partial charge is 0.336 e. The normalized spacial score (nSPS) is 18.3. The van der Waals surface area contributed by atoms with Crippen molar-refractivity contribution in [3.05, 3.63) is 59.5 Å². The molecule has 30 heavy (non-hydrogen) atoms. The van der Waals surface area contributed by atoms with E-state index in [1.807, 2.05) is 6.92 Å². The van der Waals surface area contributed by atoms with Gasteiger partial charge in [0.1, 0.15) is 5.75 Å². The van der Waals surface area contributed by atoms with Gasteiger partial charge in [0.05, 0.1) is 40.4 Å². The Labute approximate surface area is 194 Å². The number of phenolic OH excluding ortho intramolecular Hbond substituents is 1. The summed E-state index contributed by atoms with van der Waals surface area (Å²) in [4.78, 5) is 41.0. The molecule has 1 atom stereocenters. The third-order valence-corrected chi connectivity index (χ3v) is 7.06. The highest BCUT2D eigenvalue weighted by molar-refractivity contribution is 9.11. The van der Waals surface area contributed by atoms with E-state index >= 15 is 0 Å². The molecule has 10 heteroatoms. The molecule has 0 bridgehead atoms. The van der Waals surface area contributed by atoms with Crippen molar-refractivity contribution in [3.63, 3.8) is 0 Å². The van der Waals surface area contributed by atoms with Gasteiger partial charge in [0.25, 0.3) is 0 Å². The lowest BCUT2D eigenvalue weighted by Crippen LogP contribution is -2.44. The van der Waals surface area contributed by atoms with Gasteiger partial charge in [-0.3, -0.25) is 4.79 Å². The number of Topliss-reactive ketones (excluding diaryl/α,β-unsaturated/α-hetero) is 1. The van der Waals surface area contributed by atoms with Gasteiger partial charge in [-0.05, 0) is 48.0 Å². The summed E-state index contributed by atoms with van der Waals surface area (Å²) in [6.45, 7) is 3.65. The molecule has 0 spiro atoms. The highest BCUT2D eigenvalue weighted by atomic mass is 79.9. The Bertz CT molecular complexity index is 1080. The molecule has 1 aromatic rings. The fraction of sp³-hybridized carbons (Fsp3) is 0.250. The number of thioether (sulfide) groups is 1. The molecule has 0 saturated carbocycles. The van der Waals surface area contributed by atoms with Gasteiger partial charge in [0.15, 0.2) is 11.8 Å². The highest BCUT2D eigenvalue weighted by Crippen LogP contribution is 2.48. The van der Waals surface area contributed by atoms with Crippen molar-refractivity contribution < 1.29 is 29.0 Å². The van der Waals surface area contributed by atoms with Gasteiger partial charge in [-0.2, -0.15) is 0 Å². The van der Waals surface area contributed by atoms with E-state index in [0.717, 1.165) is 4.91 Å². The number of allylic oxidation sites excluding steroid dienone is 4. The number of benzene rings is 1. The summed E-state index contributed by atoms with van der Waals surface area (Å²) in [5.74, 6) is -2.14. The van der Waals surface area contributed by atoms with Crippen LogP contribution in [0, 0.1) is 0 Å². The predicted molar refractivity (Wildman–Crippen MR) is 119 cm³/mol. The van der Waals surface area contributed by atoms with E-state index in [-0.39, 0.29) is 22.5 Å². The van der Waals surface area contributed by atoms with Crippen LogP contribution in [0.2, 0.25) is 0 Å². The Morgan fingerprint density at radius 2 is 1.80 bits per heavy atom. The van der Waals surface area contributed by atoms with E-state index in [1.54, 1.807) is 17.9 Å². The number of methoxy groups -OCH3 is 2. The van der Waals surface area contributed by atoms with E-state index < -0.39 is 23.8 Å². The number of hydrogen-bond acceptors (Lipinski definition) is 8. The summed E-state index contributed by atoms with van der Waals surface area (Å²) < 4.78 is 10.7. The van der Waals surface area contributed by atoms with Crippen molar-refractivity contribution in [2.24, 2.45) is 0 Å². The third kappa shape index (κ3) is 3.72. The van der Waals surface area contributed by atoms with Crippen LogP contribution in [0.1, 0.15) is 24.2 Å². The average molecular weight is 559 g/mol. The number of carbonyl (C=O) groups excluding carboxylic acids is 3. The summed E-state index contributed by atoms with van der Waals surface area (Å²) >= 11 is 7.85. The number of hydrogen-bond donors (Lipinski definition) is 1. The van der Waals surface area contributed by atoms with Gasteiger partial charge in [-0.1, -0.05) is 27.7 Å². The van der Waals surface area contributed by atoms with Crippen molar-refractivity contribution in [2.75, 3.05) is 14.2 Å². The highest BCUT2D eigenvalue weighted by Gasteiger charge is 2.45. The Morgan fingerprint density at radius 3 is 2.40 bits per heavy atom. The van der Waals surface area contributed by atoms with Crippen LogP contribution < -0.4 is 0 Å². The van der Waals surface area contributed by atoms with E-state index in [4.69, 9.17) is 9.47 Å². The SMILES string of the molecule is COC(=O)C1=CC(C(=O)c2cc(Br)cc(Br)c2O)=C2SC(C)=C(C)N2C1C(=O)OC. The summed E-state index contributed by atoms with van der Waals surface area (Å²) in [6.07, 6.45) is 1.34. The number of nitrogens with zero attached hydrogens (tertiary/aromatic N) is 1. The van der Waals surface area contributed by atoms with Gasteiger partial charge in [0, 0.05) is 15.1 Å². The number of esters is 2. The molecule has 1 unspecified atom stereocenters. The van der Waals surface area contributed by atoms with Gasteiger partial charge >= 0.3 is 11.9 Å². The Morgan fingerprint density at radius 1 is 1.13 bits per heavy atom. The first-order valence-electron chi connectivity index (χ1n) is 8.61. The van der Waals surface area contributed by atoms with E-state index in [0.29, 0.717) is 19.7 Å². The number of ketones is 1. The standard InChI is InChI=1S/C20H17Br2NO6S/c1-8-9(2)30-18-13(16(24)12-5-10(21)6-14(22)17(12)25)7-11(19(26)28-3)15(23(8)18)20(27)29-4/h5-7,15,25H,1-4H3. The molecule has 0 fully saturated rings. The Hall–Kier alpha value is -2.04. The van der Waals surface area contributed by atoms with Crippen molar-refractivity contribution in [2.45, 2.75) is 19.9 Å². The Balaban J connectivity index is 2.26. The number of phenols is 1. The molecule has 2 aliphatic heterocycles. The second kappa shape index (κ2) is 8.60. The monoisotopic (exact) mass is 557 g/mol. The maximum atomic E-state index is 13.5. The minimum Gasteiger partial charge on any atom is -0.506 e. The van der Waals surface area contributed by atoms with Crippen LogP contribution in [-0.2, 0) is 19.1 Å². The van der Waals surface area contributed by atoms with Crippen LogP contribution >= 0.6 is 43.6 Å². The minimum atomic E-state index is -1.08. The van der Waals surface area contributed by atoms with Gasteiger partial charge in [-0.25, -0.2) is 9.59 Å². The molecule has 0 aromatic heterocycles. The second-order valence-corrected chi connectivity index (χ2v) is 9.44. The molecule has 3 rings (SSSR count). The lowest BCUT2D eigenvalue weighted by Gasteiger charge is -2.34. The minimum absolute atomic E-state index is 0.0281. The van der Waals surface area contributed by atoms with Crippen LogP contribution in [0.25, 0.3) is 0 Å². The Kier molecular flexibility index (Phi) is 6.49. The summed E-state index contributed by atoms with van der Waals surface area (Å²) in [7, 11) is 2.43. The predicted octanol–water partition coefficient (Wildman–Crippen LogP) is 4.27. The zero-order valence-corrected chi connectivity index (χ0v) is 20.4. The lowest BCUT2D eigenvalue weighted by atomic mass is 9.93. The number of carbonyl (C=O) groups is 3. The maximum absolute atomic E-state index is 13.5.